The summed E-state index contributed by atoms with van der Waals surface area (Å²) in [5.41, 5.74) is 1.19. The van der Waals surface area contributed by atoms with E-state index < -0.39 is 0 Å². The van der Waals surface area contributed by atoms with Crippen LogP contribution in [0.15, 0.2) is 27.4 Å². The second-order valence-electron chi connectivity index (χ2n) is 4.49. The Balaban J connectivity index is 2.06. The van der Waals surface area contributed by atoms with Gasteiger partial charge in [0.05, 0.1) is 5.02 Å². The first kappa shape index (κ1) is 14.8. The Morgan fingerprint density at radius 2 is 2.16 bits per heavy atom. The van der Waals surface area contributed by atoms with Crippen LogP contribution >= 0.6 is 34.7 Å². The SMILES string of the molecule is Cc1nnc(Sc2ccc(CNC(C)C)cc2Cl)s1. The molecule has 19 heavy (non-hydrogen) atoms. The Kier molecular flexibility index (Phi) is 5.21. The Bertz CT molecular complexity index is 555. The second-order valence-corrected chi connectivity index (χ2v) is 7.37. The topological polar surface area (TPSA) is 37.8 Å². The molecule has 0 aliphatic carbocycles. The number of hydrogen-bond donors (Lipinski definition) is 1. The van der Waals surface area contributed by atoms with Crippen LogP contribution < -0.4 is 5.32 Å². The Morgan fingerprint density at radius 3 is 2.74 bits per heavy atom. The number of benzene rings is 1. The molecular formula is C13H16ClN3S2. The molecule has 0 aliphatic heterocycles. The van der Waals surface area contributed by atoms with Gasteiger partial charge in [0.2, 0.25) is 0 Å². The predicted molar refractivity (Wildman–Crippen MR) is 82.2 cm³/mol. The standard InChI is InChI=1S/C13H16ClN3S2/c1-8(2)15-7-10-4-5-12(11(14)6-10)19-13-17-16-9(3)18-13/h4-6,8,15H,7H2,1-3H3. The van der Waals surface area contributed by atoms with Crippen molar-refractivity contribution in [3.05, 3.63) is 33.8 Å². The van der Waals surface area contributed by atoms with Gasteiger partial charge in [-0.3, -0.25) is 0 Å². The second kappa shape index (κ2) is 6.70. The van der Waals surface area contributed by atoms with Crippen LogP contribution in [0.2, 0.25) is 5.02 Å². The molecule has 0 bridgehead atoms. The van der Waals surface area contributed by atoms with Gasteiger partial charge >= 0.3 is 0 Å². The highest BCUT2D eigenvalue weighted by Gasteiger charge is 2.08. The summed E-state index contributed by atoms with van der Waals surface area (Å²) >= 11 is 9.45. The minimum atomic E-state index is 0.470. The largest absolute Gasteiger partial charge is 0.310 e. The number of nitrogens with one attached hydrogen (secondary N) is 1. The molecule has 0 unspecified atom stereocenters. The van der Waals surface area contributed by atoms with Gasteiger partial charge in [-0.15, -0.1) is 10.2 Å². The van der Waals surface area contributed by atoms with E-state index in [4.69, 9.17) is 11.6 Å². The molecule has 3 nitrogen and oxygen atoms in total. The average molecular weight is 314 g/mol. The van der Waals surface area contributed by atoms with Crippen molar-refractivity contribution in [1.29, 1.82) is 0 Å². The molecule has 0 atom stereocenters. The molecule has 0 saturated heterocycles. The van der Waals surface area contributed by atoms with E-state index in [1.165, 1.54) is 5.56 Å². The first-order chi connectivity index (χ1) is 9.04. The maximum Gasteiger partial charge on any atom is 0.179 e. The van der Waals surface area contributed by atoms with E-state index in [0.29, 0.717) is 6.04 Å². The monoisotopic (exact) mass is 313 g/mol. The van der Waals surface area contributed by atoms with Crippen molar-refractivity contribution in [3.63, 3.8) is 0 Å². The predicted octanol–water partition coefficient (Wildman–Crippen LogP) is 4.15. The number of nitrogens with zero attached hydrogens (tertiary/aromatic N) is 2. The van der Waals surface area contributed by atoms with Gasteiger partial charge in [0.1, 0.15) is 5.01 Å². The van der Waals surface area contributed by atoms with Crippen LogP contribution in [-0.2, 0) is 6.54 Å². The van der Waals surface area contributed by atoms with Crippen molar-refractivity contribution in [1.82, 2.24) is 15.5 Å². The number of aryl methyl sites for hydroxylation is 1. The van der Waals surface area contributed by atoms with Crippen LogP contribution in [0.1, 0.15) is 24.4 Å². The lowest BCUT2D eigenvalue weighted by molar-refractivity contribution is 0.589. The van der Waals surface area contributed by atoms with Gasteiger partial charge < -0.3 is 5.32 Å². The fourth-order valence-corrected chi connectivity index (χ4v) is 3.57. The smallest absolute Gasteiger partial charge is 0.179 e. The van der Waals surface area contributed by atoms with Gasteiger partial charge in [-0.2, -0.15) is 0 Å². The van der Waals surface area contributed by atoms with Crippen LogP contribution in [0.4, 0.5) is 0 Å². The number of aromatic nitrogens is 2. The summed E-state index contributed by atoms with van der Waals surface area (Å²) in [6.45, 7) is 7.04. The minimum Gasteiger partial charge on any atom is -0.310 e. The Hall–Kier alpha value is -0.620. The van der Waals surface area contributed by atoms with Crippen LogP contribution in [0.5, 0.6) is 0 Å². The molecule has 0 spiro atoms. The summed E-state index contributed by atoms with van der Waals surface area (Å²) in [4.78, 5) is 1.02. The van der Waals surface area contributed by atoms with Gasteiger partial charge in [0.25, 0.3) is 0 Å². The highest BCUT2D eigenvalue weighted by atomic mass is 35.5. The maximum atomic E-state index is 6.31. The van der Waals surface area contributed by atoms with Gasteiger partial charge in [0, 0.05) is 17.5 Å². The van der Waals surface area contributed by atoms with E-state index in [1.807, 2.05) is 19.1 Å². The molecule has 0 aliphatic rings. The zero-order valence-electron chi connectivity index (χ0n) is 11.1. The van der Waals surface area contributed by atoms with E-state index in [9.17, 15) is 0 Å². The normalized spacial score (nSPS) is 11.2. The third kappa shape index (κ3) is 4.45. The van der Waals surface area contributed by atoms with Crippen molar-refractivity contribution in [2.24, 2.45) is 0 Å². The van der Waals surface area contributed by atoms with Crippen molar-refractivity contribution < 1.29 is 0 Å². The van der Waals surface area contributed by atoms with E-state index in [0.717, 1.165) is 25.8 Å². The average Bonchev–Trinajstić information content (AvgIpc) is 2.75. The first-order valence-corrected chi connectivity index (χ1v) is 8.05. The summed E-state index contributed by atoms with van der Waals surface area (Å²) in [7, 11) is 0. The highest BCUT2D eigenvalue weighted by molar-refractivity contribution is 8.01. The van der Waals surface area contributed by atoms with Crippen LogP contribution in [0.3, 0.4) is 0 Å². The van der Waals surface area contributed by atoms with Gasteiger partial charge in [0.15, 0.2) is 4.34 Å². The first-order valence-electron chi connectivity index (χ1n) is 6.04. The lowest BCUT2D eigenvalue weighted by Crippen LogP contribution is -2.21. The fourth-order valence-electron chi connectivity index (χ4n) is 1.47. The van der Waals surface area contributed by atoms with Crippen LogP contribution in [0, 0.1) is 6.92 Å². The van der Waals surface area contributed by atoms with Gasteiger partial charge in [-0.1, -0.05) is 54.6 Å². The van der Waals surface area contributed by atoms with E-state index in [1.54, 1.807) is 23.1 Å². The summed E-state index contributed by atoms with van der Waals surface area (Å²) in [5, 5.41) is 13.2. The third-order valence-corrected chi connectivity index (χ3v) is 4.81. The molecule has 102 valence electrons. The molecule has 6 heteroatoms. The number of rotatable bonds is 5. The molecule has 2 aromatic rings. The summed E-state index contributed by atoms with van der Waals surface area (Å²) in [6.07, 6.45) is 0. The van der Waals surface area contributed by atoms with Crippen molar-refractivity contribution in [3.8, 4) is 0 Å². The van der Waals surface area contributed by atoms with Crippen molar-refractivity contribution >= 4 is 34.7 Å². The maximum absolute atomic E-state index is 6.31. The van der Waals surface area contributed by atoms with E-state index in [-0.39, 0.29) is 0 Å². The summed E-state index contributed by atoms with van der Waals surface area (Å²) < 4.78 is 0.924. The Labute approximate surface area is 126 Å². The number of hydrogen-bond acceptors (Lipinski definition) is 5. The van der Waals surface area contributed by atoms with Crippen LogP contribution in [0.25, 0.3) is 0 Å². The van der Waals surface area contributed by atoms with E-state index in [2.05, 4.69) is 35.4 Å². The van der Waals surface area contributed by atoms with E-state index >= 15 is 0 Å². The zero-order chi connectivity index (χ0) is 13.8. The molecule has 2 rings (SSSR count). The molecule has 1 heterocycles. The molecule has 1 N–H and O–H groups in total. The Morgan fingerprint density at radius 1 is 1.37 bits per heavy atom. The summed E-state index contributed by atoms with van der Waals surface area (Å²) in [6, 6.07) is 6.61. The summed E-state index contributed by atoms with van der Waals surface area (Å²) in [5.74, 6) is 0. The van der Waals surface area contributed by atoms with Crippen molar-refractivity contribution in [2.75, 3.05) is 0 Å². The molecule has 0 saturated carbocycles. The van der Waals surface area contributed by atoms with Gasteiger partial charge in [-0.05, 0) is 24.6 Å². The van der Waals surface area contributed by atoms with Gasteiger partial charge in [-0.25, -0.2) is 0 Å². The molecule has 1 aromatic heterocycles. The fraction of sp³-hybridized carbons (Fsp3) is 0.385. The highest BCUT2D eigenvalue weighted by Crippen LogP contribution is 2.35. The number of halogens is 1. The quantitative estimate of drug-likeness (QED) is 0.900. The minimum absolute atomic E-state index is 0.470. The zero-order valence-corrected chi connectivity index (χ0v) is 13.5. The molecule has 1 aromatic carbocycles. The molecule has 0 amide bonds. The lowest BCUT2D eigenvalue weighted by atomic mass is 10.2. The molecular weight excluding hydrogens is 298 g/mol. The molecule has 0 radical (unpaired) electrons. The lowest BCUT2D eigenvalue weighted by Gasteiger charge is -2.09. The van der Waals surface area contributed by atoms with Crippen LogP contribution in [-0.4, -0.2) is 16.2 Å². The molecule has 0 fully saturated rings. The van der Waals surface area contributed by atoms with Crippen molar-refractivity contribution in [2.45, 2.75) is 42.6 Å². The third-order valence-electron chi connectivity index (χ3n) is 2.42.